The summed E-state index contributed by atoms with van der Waals surface area (Å²) in [6.45, 7) is 2.79. The first kappa shape index (κ1) is 17.3. The third-order valence-electron chi connectivity index (χ3n) is 3.76. The lowest BCUT2D eigenvalue weighted by molar-refractivity contribution is -0.131. The number of hydrogen-bond acceptors (Lipinski definition) is 2. The Morgan fingerprint density at radius 2 is 2.00 bits per heavy atom. The van der Waals surface area contributed by atoms with Crippen molar-refractivity contribution in [3.63, 3.8) is 0 Å². The fourth-order valence-electron chi connectivity index (χ4n) is 2.59. The van der Waals surface area contributed by atoms with Crippen LogP contribution in [0.3, 0.4) is 0 Å². The maximum Gasteiger partial charge on any atom is 0.227 e. The molecule has 0 unspecified atom stereocenters. The van der Waals surface area contributed by atoms with E-state index < -0.39 is 0 Å². The summed E-state index contributed by atoms with van der Waals surface area (Å²) >= 11 is 6.09. The van der Waals surface area contributed by atoms with Crippen LogP contribution >= 0.6 is 24.0 Å². The molecule has 0 atom stereocenters. The summed E-state index contributed by atoms with van der Waals surface area (Å²) in [4.78, 5) is 14.2. The summed E-state index contributed by atoms with van der Waals surface area (Å²) in [7, 11) is 1.98. The summed E-state index contributed by atoms with van der Waals surface area (Å²) in [5.74, 6) is 0.894. The van der Waals surface area contributed by atoms with Gasteiger partial charge in [0, 0.05) is 18.1 Å². The average molecular weight is 317 g/mol. The van der Waals surface area contributed by atoms with Crippen molar-refractivity contribution in [1.29, 1.82) is 0 Å². The number of carbonyl (C=O) groups excluding carboxylic acids is 1. The molecule has 1 aliphatic rings. The predicted octanol–water partition coefficient (Wildman–Crippen LogP) is 2.76. The van der Waals surface area contributed by atoms with E-state index in [-0.39, 0.29) is 18.3 Å². The molecular weight excluding hydrogens is 295 g/mol. The fourth-order valence-corrected chi connectivity index (χ4v) is 2.79. The zero-order valence-corrected chi connectivity index (χ0v) is 13.3. The highest BCUT2D eigenvalue weighted by molar-refractivity contribution is 6.31. The van der Waals surface area contributed by atoms with Gasteiger partial charge in [-0.15, -0.1) is 12.4 Å². The number of amides is 1. The zero-order chi connectivity index (χ0) is 13.7. The van der Waals surface area contributed by atoms with Gasteiger partial charge in [0.15, 0.2) is 0 Å². The van der Waals surface area contributed by atoms with E-state index >= 15 is 0 Å². The summed E-state index contributed by atoms with van der Waals surface area (Å²) in [6, 6.07) is 7.57. The molecule has 0 saturated carbocycles. The molecule has 112 valence electrons. The third-order valence-corrected chi connectivity index (χ3v) is 4.13. The molecule has 1 N–H and O–H groups in total. The van der Waals surface area contributed by atoms with Crippen LogP contribution in [0.1, 0.15) is 18.4 Å². The summed E-state index contributed by atoms with van der Waals surface area (Å²) in [6.07, 6.45) is 2.60. The largest absolute Gasteiger partial charge is 0.342 e. The molecule has 5 heteroatoms. The van der Waals surface area contributed by atoms with Gasteiger partial charge in [-0.25, -0.2) is 0 Å². The van der Waals surface area contributed by atoms with Crippen molar-refractivity contribution in [3.05, 3.63) is 34.9 Å². The van der Waals surface area contributed by atoms with E-state index in [4.69, 9.17) is 11.6 Å². The Morgan fingerprint density at radius 3 is 2.60 bits per heavy atom. The second kappa shape index (κ2) is 8.50. The first-order valence-corrected chi connectivity index (χ1v) is 7.24. The van der Waals surface area contributed by atoms with Crippen molar-refractivity contribution in [2.75, 3.05) is 26.7 Å². The number of piperidine rings is 1. The molecule has 0 aliphatic carbocycles. The molecule has 20 heavy (non-hydrogen) atoms. The number of halogens is 2. The van der Waals surface area contributed by atoms with E-state index in [1.54, 1.807) is 0 Å². The Balaban J connectivity index is 0.00000200. The maximum absolute atomic E-state index is 12.2. The Bertz CT molecular complexity index is 432. The van der Waals surface area contributed by atoms with Crippen LogP contribution in [0.4, 0.5) is 0 Å². The SMILES string of the molecule is CNCC1CCN(C(=O)Cc2ccccc2Cl)CC1.Cl. The molecule has 0 aromatic heterocycles. The zero-order valence-electron chi connectivity index (χ0n) is 11.8. The van der Waals surface area contributed by atoms with Gasteiger partial charge < -0.3 is 10.2 Å². The normalized spacial score (nSPS) is 15.8. The van der Waals surface area contributed by atoms with Crippen LogP contribution in [-0.2, 0) is 11.2 Å². The number of benzene rings is 1. The second-order valence-electron chi connectivity index (χ2n) is 5.15. The highest BCUT2D eigenvalue weighted by Crippen LogP contribution is 2.20. The van der Waals surface area contributed by atoms with E-state index in [1.807, 2.05) is 36.2 Å². The van der Waals surface area contributed by atoms with Gasteiger partial charge in [0.2, 0.25) is 5.91 Å². The van der Waals surface area contributed by atoms with E-state index in [9.17, 15) is 4.79 Å². The average Bonchev–Trinajstić information content (AvgIpc) is 2.42. The molecule has 0 radical (unpaired) electrons. The molecule has 1 saturated heterocycles. The van der Waals surface area contributed by atoms with Crippen LogP contribution in [0.15, 0.2) is 24.3 Å². The standard InChI is InChI=1S/C15H21ClN2O.ClH/c1-17-11-12-6-8-18(9-7-12)15(19)10-13-4-2-3-5-14(13)16;/h2-5,12,17H,6-11H2,1H3;1H. The third kappa shape index (κ3) is 4.65. The van der Waals surface area contributed by atoms with E-state index in [0.717, 1.165) is 38.0 Å². The molecule has 1 heterocycles. The van der Waals surface area contributed by atoms with Crippen molar-refractivity contribution in [2.45, 2.75) is 19.3 Å². The second-order valence-corrected chi connectivity index (χ2v) is 5.56. The molecule has 1 aliphatic heterocycles. The van der Waals surface area contributed by atoms with E-state index in [2.05, 4.69) is 5.32 Å². The number of carbonyl (C=O) groups is 1. The molecule has 1 aromatic carbocycles. The van der Waals surface area contributed by atoms with E-state index in [1.165, 1.54) is 0 Å². The Labute approximate surface area is 132 Å². The van der Waals surface area contributed by atoms with Crippen molar-refractivity contribution in [1.82, 2.24) is 10.2 Å². The summed E-state index contributed by atoms with van der Waals surface area (Å²) in [5, 5.41) is 3.89. The van der Waals surface area contributed by atoms with Gasteiger partial charge in [0.05, 0.1) is 6.42 Å². The number of rotatable bonds is 4. The lowest BCUT2D eigenvalue weighted by Gasteiger charge is -2.32. The predicted molar refractivity (Wildman–Crippen MR) is 85.6 cm³/mol. The summed E-state index contributed by atoms with van der Waals surface area (Å²) in [5.41, 5.74) is 0.923. The maximum atomic E-state index is 12.2. The first-order chi connectivity index (χ1) is 9.20. The minimum Gasteiger partial charge on any atom is -0.342 e. The highest BCUT2D eigenvalue weighted by atomic mass is 35.5. The number of nitrogens with one attached hydrogen (secondary N) is 1. The molecule has 0 spiro atoms. The van der Waals surface area contributed by atoms with Gasteiger partial charge in [0.25, 0.3) is 0 Å². The van der Waals surface area contributed by atoms with Crippen LogP contribution in [0.25, 0.3) is 0 Å². The quantitative estimate of drug-likeness (QED) is 0.926. The topological polar surface area (TPSA) is 32.3 Å². The Hall–Kier alpha value is -0.770. The molecule has 2 rings (SSSR count). The van der Waals surface area contributed by atoms with Crippen molar-refractivity contribution in [3.8, 4) is 0 Å². The minimum atomic E-state index is 0. The first-order valence-electron chi connectivity index (χ1n) is 6.86. The van der Waals surface area contributed by atoms with Crippen molar-refractivity contribution in [2.24, 2.45) is 5.92 Å². The molecule has 1 amide bonds. The van der Waals surface area contributed by atoms with Gasteiger partial charge in [-0.3, -0.25) is 4.79 Å². The Kier molecular flexibility index (Phi) is 7.35. The summed E-state index contributed by atoms with van der Waals surface area (Å²) < 4.78 is 0. The van der Waals surface area contributed by atoms with Gasteiger partial charge in [-0.1, -0.05) is 29.8 Å². The highest BCUT2D eigenvalue weighted by Gasteiger charge is 2.22. The Morgan fingerprint density at radius 1 is 1.35 bits per heavy atom. The lowest BCUT2D eigenvalue weighted by atomic mass is 9.96. The van der Waals surface area contributed by atoms with Gasteiger partial charge in [-0.05, 0) is 44.0 Å². The van der Waals surface area contributed by atoms with Gasteiger partial charge in [-0.2, -0.15) is 0 Å². The smallest absolute Gasteiger partial charge is 0.227 e. The number of hydrogen-bond donors (Lipinski definition) is 1. The van der Waals surface area contributed by atoms with Crippen LogP contribution in [0.2, 0.25) is 5.02 Å². The number of nitrogens with zero attached hydrogens (tertiary/aromatic N) is 1. The van der Waals surface area contributed by atoms with Crippen molar-refractivity contribution >= 4 is 29.9 Å². The number of likely N-dealkylation sites (tertiary alicyclic amines) is 1. The van der Waals surface area contributed by atoms with Crippen LogP contribution in [0, 0.1) is 5.92 Å². The van der Waals surface area contributed by atoms with Gasteiger partial charge >= 0.3 is 0 Å². The van der Waals surface area contributed by atoms with Crippen LogP contribution < -0.4 is 5.32 Å². The molecule has 1 fully saturated rings. The van der Waals surface area contributed by atoms with Crippen LogP contribution in [0.5, 0.6) is 0 Å². The van der Waals surface area contributed by atoms with Crippen molar-refractivity contribution < 1.29 is 4.79 Å². The van der Waals surface area contributed by atoms with E-state index in [0.29, 0.717) is 17.4 Å². The minimum absolute atomic E-state index is 0. The molecule has 3 nitrogen and oxygen atoms in total. The molecule has 0 bridgehead atoms. The van der Waals surface area contributed by atoms with Crippen LogP contribution in [-0.4, -0.2) is 37.5 Å². The molecular formula is C15H22Cl2N2O. The monoisotopic (exact) mass is 316 g/mol. The molecule has 1 aromatic rings. The lowest BCUT2D eigenvalue weighted by Crippen LogP contribution is -2.41. The van der Waals surface area contributed by atoms with Gasteiger partial charge in [0.1, 0.15) is 0 Å². The fraction of sp³-hybridized carbons (Fsp3) is 0.533.